The molecule has 0 bridgehead atoms. The number of hydrogen-bond acceptors (Lipinski definition) is 4. The summed E-state index contributed by atoms with van der Waals surface area (Å²) in [6.45, 7) is 7.57. The number of methoxy groups -OCH3 is 1. The zero-order valence-corrected chi connectivity index (χ0v) is 12.3. The first kappa shape index (κ1) is 14.7. The molecule has 1 fully saturated rings. The summed E-state index contributed by atoms with van der Waals surface area (Å²) in [7, 11) is 1.49. The van der Waals surface area contributed by atoms with Crippen molar-refractivity contribution in [3.05, 3.63) is 23.8 Å². The second-order valence-corrected chi connectivity index (χ2v) is 5.31. The third-order valence-electron chi connectivity index (χ3n) is 3.76. The Labute approximate surface area is 119 Å². The molecule has 1 aliphatic heterocycles. The predicted molar refractivity (Wildman–Crippen MR) is 77.3 cm³/mol. The van der Waals surface area contributed by atoms with Gasteiger partial charge in [-0.2, -0.15) is 0 Å². The van der Waals surface area contributed by atoms with Crippen LogP contribution in [0.15, 0.2) is 18.2 Å². The third kappa shape index (κ3) is 3.04. The van der Waals surface area contributed by atoms with Crippen molar-refractivity contribution in [3.8, 4) is 11.5 Å². The molecule has 0 aliphatic carbocycles. The van der Waals surface area contributed by atoms with Crippen LogP contribution >= 0.6 is 0 Å². The standard InChI is InChI=1S/C15H22N2O3/c1-11(2)16-6-8-17(9-7-16)15(19)12-4-5-14(20-3)13(18)10-12/h4-5,10-11,18H,6-9H2,1-3H3. The average molecular weight is 278 g/mol. The van der Waals surface area contributed by atoms with Gasteiger partial charge in [-0.1, -0.05) is 0 Å². The van der Waals surface area contributed by atoms with E-state index in [1.54, 1.807) is 12.1 Å². The summed E-state index contributed by atoms with van der Waals surface area (Å²) >= 11 is 0. The molecule has 1 aliphatic rings. The van der Waals surface area contributed by atoms with E-state index in [0.717, 1.165) is 26.2 Å². The fourth-order valence-corrected chi connectivity index (χ4v) is 2.45. The van der Waals surface area contributed by atoms with E-state index in [-0.39, 0.29) is 11.7 Å². The Hall–Kier alpha value is -1.75. The number of carbonyl (C=O) groups is 1. The zero-order valence-electron chi connectivity index (χ0n) is 12.3. The molecule has 0 radical (unpaired) electrons. The lowest BCUT2D eigenvalue weighted by Gasteiger charge is -2.37. The molecule has 0 aromatic heterocycles. The highest BCUT2D eigenvalue weighted by Crippen LogP contribution is 2.26. The quantitative estimate of drug-likeness (QED) is 0.912. The summed E-state index contributed by atoms with van der Waals surface area (Å²) in [5.74, 6) is 0.344. The summed E-state index contributed by atoms with van der Waals surface area (Å²) in [6, 6.07) is 5.29. The lowest BCUT2D eigenvalue weighted by Crippen LogP contribution is -2.50. The largest absolute Gasteiger partial charge is 0.504 e. The normalized spacial score (nSPS) is 16.5. The van der Waals surface area contributed by atoms with Crippen molar-refractivity contribution in [2.24, 2.45) is 0 Å². The van der Waals surface area contributed by atoms with Gasteiger partial charge in [-0.3, -0.25) is 9.69 Å². The van der Waals surface area contributed by atoms with Gasteiger partial charge in [0.25, 0.3) is 5.91 Å². The highest BCUT2D eigenvalue weighted by atomic mass is 16.5. The zero-order chi connectivity index (χ0) is 14.7. The number of phenolic OH excluding ortho intramolecular Hbond substituents is 1. The van der Waals surface area contributed by atoms with Gasteiger partial charge in [0.05, 0.1) is 7.11 Å². The number of aromatic hydroxyl groups is 1. The van der Waals surface area contributed by atoms with Crippen LogP contribution in [0.25, 0.3) is 0 Å². The Morgan fingerprint density at radius 2 is 1.90 bits per heavy atom. The van der Waals surface area contributed by atoms with Crippen molar-refractivity contribution in [3.63, 3.8) is 0 Å². The van der Waals surface area contributed by atoms with Gasteiger partial charge in [-0.15, -0.1) is 0 Å². The van der Waals surface area contributed by atoms with Crippen molar-refractivity contribution >= 4 is 5.91 Å². The van der Waals surface area contributed by atoms with Gasteiger partial charge in [-0.25, -0.2) is 0 Å². The van der Waals surface area contributed by atoms with Gasteiger partial charge in [-0.05, 0) is 32.0 Å². The molecule has 2 rings (SSSR count). The molecule has 1 N–H and O–H groups in total. The molecule has 1 saturated heterocycles. The second-order valence-electron chi connectivity index (χ2n) is 5.31. The van der Waals surface area contributed by atoms with Crippen molar-refractivity contribution in [1.29, 1.82) is 0 Å². The van der Waals surface area contributed by atoms with Crippen LogP contribution in [-0.4, -0.2) is 60.1 Å². The molecule has 1 aromatic rings. The summed E-state index contributed by atoms with van der Waals surface area (Å²) in [4.78, 5) is 16.6. The van der Waals surface area contributed by atoms with Gasteiger partial charge in [0, 0.05) is 37.8 Å². The number of ether oxygens (including phenoxy) is 1. The number of carbonyl (C=O) groups excluding carboxylic acids is 1. The molecule has 1 heterocycles. The van der Waals surface area contributed by atoms with Crippen LogP contribution in [0, 0.1) is 0 Å². The number of piperazine rings is 1. The van der Waals surface area contributed by atoms with Crippen molar-refractivity contribution in [2.75, 3.05) is 33.3 Å². The second kappa shape index (κ2) is 6.13. The first-order valence-corrected chi connectivity index (χ1v) is 6.93. The average Bonchev–Trinajstić information content (AvgIpc) is 2.46. The van der Waals surface area contributed by atoms with E-state index in [0.29, 0.717) is 17.4 Å². The molecular weight excluding hydrogens is 256 g/mol. The van der Waals surface area contributed by atoms with Crippen molar-refractivity contribution in [1.82, 2.24) is 9.80 Å². The maximum absolute atomic E-state index is 12.4. The van der Waals surface area contributed by atoms with E-state index >= 15 is 0 Å². The lowest BCUT2D eigenvalue weighted by molar-refractivity contribution is 0.0595. The topological polar surface area (TPSA) is 53.0 Å². The predicted octanol–water partition coefficient (Wildman–Crippen LogP) is 1.57. The Kier molecular flexibility index (Phi) is 4.49. The van der Waals surface area contributed by atoms with Crippen LogP contribution in [-0.2, 0) is 0 Å². The lowest BCUT2D eigenvalue weighted by atomic mass is 10.1. The van der Waals surface area contributed by atoms with Crippen LogP contribution in [0.5, 0.6) is 11.5 Å². The van der Waals surface area contributed by atoms with Gasteiger partial charge in [0.1, 0.15) is 0 Å². The van der Waals surface area contributed by atoms with Gasteiger partial charge in [0.15, 0.2) is 11.5 Å². The van der Waals surface area contributed by atoms with E-state index < -0.39 is 0 Å². The van der Waals surface area contributed by atoms with Crippen LogP contribution in [0.3, 0.4) is 0 Å². The van der Waals surface area contributed by atoms with Crippen LogP contribution in [0.2, 0.25) is 0 Å². The van der Waals surface area contributed by atoms with Crippen LogP contribution in [0.1, 0.15) is 24.2 Å². The summed E-state index contributed by atoms with van der Waals surface area (Å²) < 4.78 is 4.98. The first-order chi connectivity index (χ1) is 9.52. The fraction of sp³-hybridized carbons (Fsp3) is 0.533. The summed E-state index contributed by atoms with van der Waals surface area (Å²) in [5, 5.41) is 9.75. The molecule has 0 atom stereocenters. The minimum Gasteiger partial charge on any atom is -0.504 e. The number of rotatable bonds is 3. The number of benzene rings is 1. The van der Waals surface area contributed by atoms with Gasteiger partial charge in [0.2, 0.25) is 0 Å². The van der Waals surface area contributed by atoms with E-state index in [2.05, 4.69) is 18.7 Å². The molecule has 5 heteroatoms. The molecule has 1 amide bonds. The highest BCUT2D eigenvalue weighted by molar-refractivity contribution is 5.95. The molecule has 20 heavy (non-hydrogen) atoms. The van der Waals surface area contributed by atoms with Crippen molar-refractivity contribution in [2.45, 2.75) is 19.9 Å². The Bertz CT molecular complexity index is 480. The number of nitrogens with zero attached hydrogens (tertiary/aromatic N) is 2. The fourth-order valence-electron chi connectivity index (χ4n) is 2.45. The number of hydrogen-bond donors (Lipinski definition) is 1. The number of phenols is 1. The van der Waals surface area contributed by atoms with Crippen LogP contribution < -0.4 is 4.74 Å². The van der Waals surface area contributed by atoms with E-state index in [1.165, 1.54) is 13.2 Å². The SMILES string of the molecule is COc1ccc(C(=O)N2CCN(C(C)C)CC2)cc1O. The molecule has 110 valence electrons. The molecule has 0 saturated carbocycles. The minimum absolute atomic E-state index is 0.000772. The summed E-state index contributed by atoms with van der Waals surface area (Å²) in [5.41, 5.74) is 0.501. The minimum atomic E-state index is -0.0358. The van der Waals surface area contributed by atoms with Gasteiger partial charge >= 0.3 is 0 Å². The number of amides is 1. The van der Waals surface area contributed by atoms with Crippen LogP contribution in [0.4, 0.5) is 0 Å². The van der Waals surface area contributed by atoms with Gasteiger partial charge < -0.3 is 14.7 Å². The molecule has 0 spiro atoms. The molecular formula is C15H22N2O3. The highest BCUT2D eigenvalue weighted by Gasteiger charge is 2.23. The molecule has 1 aromatic carbocycles. The maximum atomic E-state index is 12.4. The van der Waals surface area contributed by atoms with Crippen molar-refractivity contribution < 1.29 is 14.6 Å². The van der Waals surface area contributed by atoms with E-state index in [9.17, 15) is 9.90 Å². The maximum Gasteiger partial charge on any atom is 0.254 e. The monoisotopic (exact) mass is 278 g/mol. The van der Waals surface area contributed by atoms with E-state index in [4.69, 9.17) is 4.74 Å². The van der Waals surface area contributed by atoms with E-state index in [1.807, 2.05) is 4.90 Å². The Morgan fingerprint density at radius 1 is 1.25 bits per heavy atom. The first-order valence-electron chi connectivity index (χ1n) is 6.93. The molecule has 0 unspecified atom stereocenters. The molecule has 5 nitrogen and oxygen atoms in total. The Balaban J connectivity index is 2.04. The summed E-state index contributed by atoms with van der Waals surface area (Å²) in [6.07, 6.45) is 0. The smallest absolute Gasteiger partial charge is 0.254 e. The third-order valence-corrected chi connectivity index (χ3v) is 3.76. The Morgan fingerprint density at radius 3 is 2.40 bits per heavy atom.